The van der Waals surface area contributed by atoms with Crippen LogP contribution in [0.3, 0.4) is 0 Å². The van der Waals surface area contributed by atoms with Crippen LogP contribution in [0.5, 0.6) is 0 Å². The molecule has 0 aliphatic heterocycles. The van der Waals surface area contributed by atoms with Crippen molar-refractivity contribution in [3.8, 4) is 11.1 Å². The Kier molecular flexibility index (Phi) is 21.7. The molecule has 0 saturated carbocycles. The summed E-state index contributed by atoms with van der Waals surface area (Å²) in [4.78, 5) is 37.8. The zero-order chi connectivity index (χ0) is 39.5. The van der Waals surface area contributed by atoms with Gasteiger partial charge in [0, 0.05) is 25.1 Å². The number of esters is 1. The Balaban J connectivity index is 0.823. The fourth-order valence-corrected chi connectivity index (χ4v) is 5.60. The molecule has 0 heterocycles. The second-order valence-electron chi connectivity index (χ2n) is 12.5. The fraction of sp³-hybridized carbons (Fsp3) is 0.500. The number of carbonyl (C=O) groups excluding carboxylic acids is 3. The lowest BCUT2D eigenvalue weighted by molar-refractivity contribution is -0.139. The number of amides is 1. The van der Waals surface area contributed by atoms with Crippen molar-refractivity contribution in [3.63, 3.8) is 0 Å². The highest BCUT2D eigenvalue weighted by molar-refractivity contribution is 6.40. The molecule has 0 radical (unpaired) electrons. The average Bonchev–Trinajstić information content (AvgIpc) is 3.55. The number of ketones is 1. The van der Waals surface area contributed by atoms with Gasteiger partial charge >= 0.3 is 12.1 Å². The van der Waals surface area contributed by atoms with Gasteiger partial charge in [-0.1, -0.05) is 78.9 Å². The smallest absolute Gasteiger partial charge is 0.409 e. The summed E-state index contributed by atoms with van der Waals surface area (Å²) in [5.74, 6) is -1.55. The molecule has 0 spiro atoms. The Hall–Kier alpha value is -4.25. The van der Waals surface area contributed by atoms with Crippen molar-refractivity contribution in [2.45, 2.75) is 5.92 Å². The summed E-state index contributed by atoms with van der Waals surface area (Å²) in [7, 11) is 1.71. The van der Waals surface area contributed by atoms with E-state index in [-0.39, 0.29) is 31.8 Å². The number of likely N-dealkylation sites (N-methyl/N-ethyl adjacent to an activating group) is 1. The number of ether oxygens (including phenoxy) is 10. The minimum Gasteiger partial charge on any atom is -0.457 e. The number of fused-ring (bicyclic) bond motifs is 3. The van der Waals surface area contributed by atoms with E-state index in [1.54, 1.807) is 37.4 Å². The highest BCUT2D eigenvalue weighted by atomic mass is 16.6. The van der Waals surface area contributed by atoms with Gasteiger partial charge in [0.25, 0.3) is 5.78 Å². The van der Waals surface area contributed by atoms with E-state index in [1.807, 2.05) is 24.3 Å². The molecule has 3 aromatic carbocycles. The van der Waals surface area contributed by atoms with Crippen LogP contribution in [0, 0.1) is 0 Å². The summed E-state index contributed by atoms with van der Waals surface area (Å²) in [6, 6.07) is 24.8. The summed E-state index contributed by atoms with van der Waals surface area (Å²) in [6.45, 7) is 7.27. The van der Waals surface area contributed by atoms with Gasteiger partial charge in [-0.05, 0) is 22.3 Å². The lowest BCUT2D eigenvalue weighted by Crippen LogP contribution is -2.32. The lowest BCUT2D eigenvalue weighted by atomic mass is 9.98. The molecule has 14 nitrogen and oxygen atoms in total. The van der Waals surface area contributed by atoms with Gasteiger partial charge < -0.3 is 52.3 Å². The third-order valence-electron chi connectivity index (χ3n) is 8.51. The maximum atomic E-state index is 12.6. The molecule has 1 aliphatic carbocycles. The number of nitrogens with zero attached hydrogens (tertiary/aromatic N) is 1. The molecule has 0 unspecified atom stereocenters. The largest absolute Gasteiger partial charge is 0.457 e. The van der Waals surface area contributed by atoms with Crippen molar-refractivity contribution in [1.29, 1.82) is 0 Å². The minimum atomic E-state index is -0.902. The van der Waals surface area contributed by atoms with E-state index in [1.165, 1.54) is 27.2 Å². The Morgan fingerprint density at radius 2 is 0.839 bits per heavy atom. The standard InChI is InChI=1S/C42H55NO13/c1-43(42(46)56-33-39-37-13-7-5-11-35(37)36-12-6-8-14-38(36)39)15-16-47-17-18-48-19-20-49-21-22-50-23-24-51-25-26-52-27-28-53-29-30-54-31-32-55-41(45)40(44)34-9-3-2-4-10-34/h2-14,39H,15-33H2,1H3. The topological polar surface area (TPSA) is 147 Å². The zero-order valence-electron chi connectivity index (χ0n) is 32.3. The number of hydrogen-bond donors (Lipinski definition) is 0. The molecule has 1 aliphatic rings. The first-order chi connectivity index (χ1) is 27.6. The van der Waals surface area contributed by atoms with Gasteiger partial charge in [-0.3, -0.25) is 4.79 Å². The quantitative estimate of drug-likeness (QED) is 0.0393. The first kappa shape index (κ1) is 44.5. The second kappa shape index (κ2) is 27.4. The molecule has 3 aromatic rings. The molecule has 0 aromatic heterocycles. The van der Waals surface area contributed by atoms with E-state index in [2.05, 4.69) is 24.3 Å². The number of rotatable bonds is 31. The SMILES string of the molecule is CN(CCOCCOCCOCCOCCOCCOCCOCCOCCOC(=O)C(=O)c1ccccc1)C(=O)OCC1c2ccccc2-c2ccccc21. The summed E-state index contributed by atoms with van der Waals surface area (Å²) in [6.07, 6.45) is -0.373. The fourth-order valence-electron chi connectivity index (χ4n) is 5.60. The van der Waals surface area contributed by atoms with Crippen LogP contribution in [-0.2, 0) is 52.2 Å². The van der Waals surface area contributed by atoms with Crippen LogP contribution in [0.25, 0.3) is 11.1 Å². The first-order valence-corrected chi connectivity index (χ1v) is 19.0. The summed E-state index contributed by atoms with van der Waals surface area (Å²) in [5, 5.41) is 0. The van der Waals surface area contributed by atoms with Gasteiger partial charge in [0.1, 0.15) is 13.2 Å². The zero-order valence-corrected chi connectivity index (χ0v) is 32.3. The Morgan fingerprint density at radius 3 is 1.29 bits per heavy atom. The van der Waals surface area contributed by atoms with E-state index in [0.29, 0.717) is 111 Å². The van der Waals surface area contributed by atoms with Crippen molar-refractivity contribution in [1.82, 2.24) is 4.90 Å². The Bertz CT molecular complexity index is 1510. The van der Waals surface area contributed by atoms with Crippen LogP contribution < -0.4 is 0 Å². The van der Waals surface area contributed by atoms with Gasteiger partial charge in [0.05, 0.1) is 106 Å². The van der Waals surface area contributed by atoms with Crippen molar-refractivity contribution < 1.29 is 61.8 Å². The molecule has 0 saturated heterocycles. The monoisotopic (exact) mass is 781 g/mol. The van der Waals surface area contributed by atoms with Crippen LogP contribution in [0.1, 0.15) is 27.4 Å². The lowest BCUT2D eigenvalue weighted by Gasteiger charge is -2.19. The maximum Gasteiger partial charge on any atom is 0.409 e. The van der Waals surface area contributed by atoms with Crippen LogP contribution >= 0.6 is 0 Å². The minimum absolute atomic E-state index is 0.00915. The van der Waals surface area contributed by atoms with Crippen LogP contribution in [0.4, 0.5) is 4.79 Å². The van der Waals surface area contributed by atoms with Gasteiger partial charge in [-0.25, -0.2) is 9.59 Å². The van der Waals surface area contributed by atoms with Crippen molar-refractivity contribution >= 4 is 17.8 Å². The van der Waals surface area contributed by atoms with E-state index >= 15 is 0 Å². The molecule has 0 fully saturated rings. The van der Waals surface area contributed by atoms with Crippen LogP contribution in [-0.4, -0.2) is 155 Å². The van der Waals surface area contributed by atoms with Gasteiger partial charge in [-0.15, -0.1) is 0 Å². The second-order valence-corrected chi connectivity index (χ2v) is 12.5. The maximum absolute atomic E-state index is 12.6. The van der Waals surface area contributed by atoms with Crippen molar-refractivity contribution in [2.24, 2.45) is 0 Å². The van der Waals surface area contributed by atoms with E-state index in [4.69, 9.17) is 47.4 Å². The normalized spacial score (nSPS) is 11.9. The van der Waals surface area contributed by atoms with E-state index < -0.39 is 11.8 Å². The number of hydrogen-bond acceptors (Lipinski definition) is 13. The van der Waals surface area contributed by atoms with Gasteiger partial charge in [0.2, 0.25) is 0 Å². The molecule has 56 heavy (non-hydrogen) atoms. The van der Waals surface area contributed by atoms with Crippen LogP contribution in [0.15, 0.2) is 78.9 Å². The molecular weight excluding hydrogens is 726 g/mol. The van der Waals surface area contributed by atoms with E-state index in [9.17, 15) is 14.4 Å². The number of carbonyl (C=O) groups is 3. The van der Waals surface area contributed by atoms with Gasteiger partial charge in [0.15, 0.2) is 0 Å². The van der Waals surface area contributed by atoms with Crippen molar-refractivity contribution in [2.75, 3.05) is 133 Å². The highest BCUT2D eigenvalue weighted by Crippen LogP contribution is 2.44. The van der Waals surface area contributed by atoms with Gasteiger partial charge in [-0.2, -0.15) is 0 Å². The van der Waals surface area contributed by atoms with Crippen LogP contribution in [0.2, 0.25) is 0 Å². The predicted octanol–water partition coefficient (Wildman–Crippen LogP) is 4.43. The Labute approximate surface area is 329 Å². The average molecular weight is 782 g/mol. The summed E-state index contributed by atoms with van der Waals surface area (Å²) < 4.78 is 54.5. The summed E-state index contributed by atoms with van der Waals surface area (Å²) >= 11 is 0. The molecule has 306 valence electrons. The molecule has 4 rings (SSSR count). The highest BCUT2D eigenvalue weighted by Gasteiger charge is 2.29. The first-order valence-electron chi connectivity index (χ1n) is 19.0. The molecule has 0 atom stereocenters. The van der Waals surface area contributed by atoms with Crippen molar-refractivity contribution in [3.05, 3.63) is 95.6 Å². The molecule has 1 amide bonds. The summed E-state index contributed by atoms with van der Waals surface area (Å²) in [5.41, 5.74) is 5.06. The molecule has 0 bridgehead atoms. The Morgan fingerprint density at radius 1 is 0.464 bits per heavy atom. The molecule has 14 heteroatoms. The third kappa shape index (κ3) is 16.5. The third-order valence-corrected chi connectivity index (χ3v) is 8.51. The number of Topliss-reactive ketones (excluding diaryl/α,β-unsaturated/α-hetero) is 1. The molecular formula is C42H55NO13. The number of benzene rings is 3. The molecule has 0 N–H and O–H groups in total. The predicted molar refractivity (Wildman–Crippen MR) is 206 cm³/mol. The van der Waals surface area contributed by atoms with E-state index in [0.717, 1.165) is 0 Å².